The van der Waals surface area contributed by atoms with Gasteiger partial charge in [0.1, 0.15) is 0 Å². The van der Waals surface area contributed by atoms with Crippen molar-refractivity contribution in [2.45, 2.75) is 33.6 Å². The molecule has 0 bridgehead atoms. The van der Waals surface area contributed by atoms with Crippen molar-refractivity contribution in [3.05, 3.63) is 39.0 Å². The number of nitrogens with zero attached hydrogens (tertiary/aromatic N) is 2. The molecule has 0 saturated heterocycles. The van der Waals surface area contributed by atoms with Gasteiger partial charge in [0, 0.05) is 12.8 Å². The number of aryl methyl sites for hydroxylation is 1. The zero-order valence-electron chi connectivity index (χ0n) is 13.1. The second-order valence-electron chi connectivity index (χ2n) is 4.72. The monoisotopic (exact) mass is 352 g/mol. The molecule has 0 aliphatic carbocycles. The predicted octanol–water partition coefficient (Wildman–Crippen LogP) is 4.11. The van der Waals surface area contributed by atoms with Crippen LogP contribution in [0.25, 0.3) is 0 Å². The molecule has 5 nitrogen and oxygen atoms in total. The Morgan fingerprint density at radius 3 is 2.57 bits per heavy atom. The minimum atomic E-state index is -0.396. The first-order valence-electron chi connectivity index (χ1n) is 7.23. The number of hydrogen-bond acceptors (Lipinski definition) is 5. The van der Waals surface area contributed by atoms with E-state index in [9.17, 15) is 9.59 Å². The van der Waals surface area contributed by atoms with Gasteiger partial charge in [0.15, 0.2) is 4.80 Å². The summed E-state index contributed by atoms with van der Waals surface area (Å²) in [5.74, 6) is -0.355. The highest BCUT2D eigenvalue weighted by atomic mass is 35.5. The predicted molar refractivity (Wildman–Crippen MR) is 90.6 cm³/mol. The third kappa shape index (κ3) is 3.89. The Hall–Kier alpha value is -1.92. The summed E-state index contributed by atoms with van der Waals surface area (Å²) in [5, 5.41) is 0.487. The van der Waals surface area contributed by atoms with Crippen molar-refractivity contribution in [1.29, 1.82) is 0 Å². The van der Waals surface area contributed by atoms with Gasteiger partial charge in [0.2, 0.25) is 11.8 Å². The Morgan fingerprint density at radius 1 is 1.26 bits per heavy atom. The van der Waals surface area contributed by atoms with Crippen LogP contribution in [0.3, 0.4) is 0 Å². The Morgan fingerprint density at radius 2 is 1.96 bits per heavy atom. The van der Waals surface area contributed by atoms with E-state index in [1.165, 1.54) is 15.9 Å². The van der Waals surface area contributed by atoms with Crippen LogP contribution in [0, 0.1) is 6.92 Å². The highest BCUT2D eigenvalue weighted by Crippen LogP contribution is 2.26. The number of ether oxygens (including phenoxy) is 1. The first kappa shape index (κ1) is 17.4. The number of aromatic nitrogens is 1. The molecule has 1 aromatic carbocycles. The Balaban J connectivity index is 2.65. The van der Waals surface area contributed by atoms with Crippen LogP contribution in [0.1, 0.15) is 36.4 Å². The SMILES string of the molecule is CCC(=O)Oc1c(C)sc(=Nc2ccccc2Cl)n1C(=O)CC. The van der Waals surface area contributed by atoms with Crippen LogP contribution in [0.15, 0.2) is 29.3 Å². The first-order valence-corrected chi connectivity index (χ1v) is 8.42. The molecule has 0 spiro atoms. The molecule has 0 unspecified atom stereocenters. The largest absolute Gasteiger partial charge is 0.408 e. The molecule has 0 amide bonds. The van der Waals surface area contributed by atoms with E-state index in [4.69, 9.17) is 16.3 Å². The molecule has 2 aromatic rings. The zero-order chi connectivity index (χ0) is 17.0. The summed E-state index contributed by atoms with van der Waals surface area (Å²) in [6, 6.07) is 7.11. The second kappa shape index (κ2) is 7.57. The normalized spacial score (nSPS) is 11.6. The van der Waals surface area contributed by atoms with Gasteiger partial charge in [0.25, 0.3) is 0 Å². The molecule has 0 saturated carbocycles. The van der Waals surface area contributed by atoms with Crippen LogP contribution in [0.2, 0.25) is 5.02 Å². The molecule has 7 heteroatoms. The highest BCUT2D eigenvalue weighted by Gasteiger charge is 2.19. The van der Waals surface area contributed by atoms with Crippen molar-refractivity contribution in [3.63, 3.8) is 0 Å². The van der Waals surface area contributed by atoms with E-state index in [-0.39, 0.29) is 24.6 Å². The topological polar surface area (TPSA) is 60.7 Å². The quantitative estimate of drug-likeness (QED) is 0.778. The van der Waals surface area contributed by atoms with Gasteiger partial charge in [-0.15, -0.1) is 0 Å². The van der Waals surface area contributed by atoms with Gasteiger partial charge in [-0.3, -0.25) is 9.59 Å². The Kier molecular flexibility index (Phi) is 5.74. The molecule has 2 rings (SSSR count). The lowest BCUT2D eigenvalue weighted by atomic mass is 10.3. The summed E-state index contributed by atoms with van der Waals surface area (Å²) in [5.41, 5.74) is 0.557. The Labute approximate surface area is 143 Å². The maximum Gasteiger partial charge on any atom is 0.312 e. The average molecular weight is 353 g/mol. The van der Waals surface area contributed by atoms with Crippen LogP contribution in [0.5, 0.6) is 5.88 Å². The molecular weight excluding hydrogens is 336 g/mol. The number of hydrogen-bond donors (Lipinski definition) is 0. The zero-order valence-corrected chi connectivity index (χ0v) is 14.7. The Bertz CT molecular complexity index is 808. The molecule has 23 heavy (non-hydrogen) atoms. The summed E-state index contributed by atoms with van der Waals surface area (Å²) in [4.78, 5) is 29.5. The lowest BCUT2D eigenvalue weighted by Gasteiger charge is -2.07. The number of esters is 1. The van der Waals surface area contributed by atoms with Crippen molar-refractivity contribution in [1.82, 2.24) is 4.57 Å². The van der Waals surface area contributed by atoms with Gasteiger partial charge in [0.05, 0.1) is 15.6 Å². The molecule has 0 N–H and O–H groups in total. The smallest absolute Gasteiger partial charge is 0.312 e. The van der Waals surface area contributed by atoms with Gasteiger partial charge in [-0.25, -0.2) is 9.56 Å². The van der Waals surface area contributed by atoms with Gasteiger partial charge in [-0.05, 0) is 19.1 Å². The van der Waals surface area contributed by atoms with Crippen molar-refractivity contribution < 1.29 is 14.3 Å². The van der Waals surface area contributed by atoms with Gasteiger partial charge in [-0.1, -0.05) is 48.9 Å². The number of para-hydroxylation sites is 1. The number of thiazole rings is 1. The van der Waals surface area contributed by atoms with Crippen LogP contribution < -0.4 is 9.54 Å². The fourth-order valence-corrected chi connectivity index (χ4v) is 2.96. The molecule has 122 valence electrons. The maximum atomic E-state index is 12.3. The number of carbonyl (C=O) groups is 2. The van der Waals surface area contributed by atoms with E-state index in [0.29, 0.717) is 20.4 Å². The minimum absolute atomic E-state index is 0.195. The summed E-state index contributed by atoms with van der Waals surface area (Å²) < 4.78 is 6.66. The highest BCUT2D eigenvalue weighted by molar-refractivity contribution is 7.09. The van der Waals surface area contributed by atoms with E-state index < -0.39 is 5.97 Å². The minimum Gasteiger partial charge on any atom is -0.408 e. The van der Waals surface area contributed by atoms with Crippen LogP contribution >= 0.6 is 22.9 Å². The third-order valence-electron chi connectivity index (χ3n) is 3.06. The van der Waals surface area contributed by atoms with E-state index in [0.717, 1.165) is 0 Å². The van der Waals surface area contributed by atoms with Gasteiger partial charge in [-0.2, -0.15) is 0 Å². The summed E-state index contributed by atoms with van der Waals surface area (Å²) in [7, 11) is 0. The van der Waals surface area contributed by atoms with E-state index in [1.807, 2.05) is 6.07 Å². The fourth-order valence-electron chi connectivity index (χ4n) is 1.86. The number of benzene rings is 1. The number of halogens is 1. The molecule has 1 heterocycles. The molecular formula is C16H17ClN2O3S. The molecule has 1 aromatic heterocycles. The third-order valence-corrected chi connectivity index (χ3v) is 4.32. The molecule has 0 aliphatic rings. The van der Waals surface area contributed by atoms with Crippen molar-refractivity contribution in [2.75, 3.05) is 0 Å². The van der Waals surface area contributed by atoms with Crippen LogP contribution in [-0.4, -0.2) is 16.4 Å². The van der Waals surface area contributed by atoms with Crippen molar-refractivity contribution in [3.8, 4) is 5.88 Å². The first-order chi connectivity index (χ1) is 11.0. The van der Waals surface area contributed by atoms with E-state index in [1.54, 1.807) is 39.0 Å². The lowest BCUT2D eigenvalue weighted by Crippen LogP contribution is -2.24. The molecule has 0 radical (unpaired) electrons. The number of rotatable bonds is 4. The fraction of sp³-hybridized carbons (Fsp3) is 0.312. The van der Waals surface area contributed by atoms with E-state index in [2.05, 4.69) is 4.99 Å². The summed E-state index contributed by atoms with van der Waals surface area (Å²) in [6.07, 6.45) is 0.495. The van der Waals surface area contributed by atoms with Crippen molar-refractivity contribution in [2.24, 2.45) is 4.99 Å². The second-order valence-corrected chi connectivity index (χ2v) is 6.31. The van der Waals surface area contributed by atoms with Gasteiger partial charge >= 0.3 is 5.97 Å². The maximum absolute atomic E-state index is 12.3. The summed E-state index contributed by atoms with van der Waals surface area (Å²) in [6.45, 7) is 5.23. The van der Waals surface area contributed by atoms with Crippen LogP contribution in [0.4, 0.5) is 5.69 Å². The summed E-state index contributed by atoms with van der Waals surface area (Å²) >= 11 is 7.40. The average Bonchev–Trinajstić information content (AvgIpc) is 2.84. The van der Waals surface area contributed by atoms with E-state index >= 15 is 0 Å². The standard InChI is InChI=1S/C16H17ClN2O3S/c1-4-13(20)19-15(22-14(21)5-2)10(3)23-16(19)18-12-9-7-6-8-11(12)17/h6-9H,4-5H2,1-3H3. The molecule has 0 atom stereocenters. The van der Waals surface area contributed by atoms with Crippen molar-refractivity contribution >= 4 is 40.5 Å². The molecule has 0 fully saturated rings. The number of carbonyl (C=O) groups excluding carboxylic acids is 2. The van der Waals surface area contributed by atoms with Crippen LogP contribution in [-0.2, 0) is 4.79 Å². The molecule has 0 aliphatic heterocycles. The van der Waals surface area contributed by atoms with Gasteiger partial charge < -0.3 is 4.74 Å². The lowest BCUT2D eigenvalue weighted by molar-refractivity contribution is -0.134.